The maximum absolute atomic E-state index is 2.43. The van der Waals surface area contributed by atoms with Crippen molar-refractivity contribution >= 4 is 0 Å². The molecule has 0 spiro atoms. The molecule has 0 N–H and O–H groups in total. The Bertz CT molecular complexity index is 785. The molecule has 3 aliphatic rings. The molecule has 3 aliphatic carbocycles. The van der Waals surface area contributed by atoms with Gasteiger partial charge in [0, 0.05) is 11.3 Å². The quantitative estimate of drug-likeness (QED) is 0.583. The van der Waals surface area contributed by atoms with Crippen LogP contribution in [0.2, 0.25) is 0 Å². The van der Waals surface area contributed by atoms with Crippen LogP contribution in [0.4, 0.5) is 0 Å². The summed E-state index contributed by atoms with van der Waals surface area (Å²) in [5, 5.41) is 0. The Morgan fingerprint density at radius 2 is 1.38 bits per heavy atom. The molecule has 1 fully saturated rings. The summed E-state index contributed by atoms with van der Waals surface area (Å²) >= 11 is 0. The van der Waals surface area contributed by atoms with Crippen LogP contribution >= 0.6 is 0 Å². The van der Waals surface area contributed by atoms with Gasteiger partial charge in [-0.25, -0.2) is 0 Å². The van der Waals surface area contributed by atoms with Crippen LogP contribution in [-0.2, 0) is 0 Å². The lowest BCUT2D eigenvalue weighted by Crippen LogP contribution is -2.33. The molecule has 1 saturated carbocycles. The van der Waals surface area contributed by atoms with E-state index in [2.05, 4.69) is 66.8 Å². The lowest BCUT2D eigenvalue weighted by Gasteiger charge is -2.45. The monoisotopic (exact) mass is 312 g/mol. The maximum atomic E-state index is 2.43. The van der Waals surface area contributed by atoms with Gasteiger partial charge in [0.15, 0.2) is 0 Å². The first-order chi connectivity index (χ1) is 11.9. The molecule has 0 aromatic heterocycles. The summed E-state index contributed by atoms with van der Waals surface area (Å²) in [6.45, 7) is 0. The lowest BCUT2D eigenvalue weighted by atomic mass is 9.59. The van der Waals surface area contributed by atoms with Crippen molar-refractivity contribution in [1.82, 2.24) is 0 Å². The highest BCUT2D eigenvalue weighted by atomic mass is 14.5. The summed E-state index contributed by atoms with van der Waals surface area (Å²) < 4.78 is 0. The second-order valence-corrected chi connectivity index (χ2v) is 7.65. The minimum absolute atomic E-state index is 0.324. The van der Waals surface area contributed by atoms with E-state index in [0.717, 1.165) is 6.42 Å². The van der Waals surface area contributed by atoms with Gasteiger partial charge in [-0.1, -0.05) is 91.6 Å². The van der Waals surface area contributed by atoms with E-state index in [0.29, 0.717) is 11.3 Å². The minimum atomic E-state index is 0.324. The molecule has 2 aromatic carbocycles. The molecule has 5 rings (SSSR count). The van der Waals surface area contributed by atoms with E-state index in [9.17, 15) is 0 Å². The van der Waals surface area contributed by atoms with Gasteiger partial charge in [0.2, 0.25) is 0 Å². The molecule has 0 bridgehead atoms. The van der Waals surface area contributed by atoms with Crippen LogP contribution in [0.1, 0.15) is 55.6 Å². The van der Waals surface area contributed by atoms with Crippen LogP contribution < -0.4 is 0 Å². The molecule has 0 nitrogen and oxygen atoms in total. The molecule has 0 radical (unpaired) electrons. The van der Waals surface area contributed by atoms with Crippen molar-refractivity contribution in [3.05, 3.63) is 83.5 Å². The summed E-state index contributed by atoms with van der Waals surface area (Å²) in [5.74, 6) is 0.538. The van der Waals surface area contributed by atoms with E-state index >= 15 is 0 Å². The smallest absolute Gasteiger partial charge is 0.0195 e. The summed E-state index contributed by atoms with van der Waals surface area (Å²) in [4.78, 5) is 0. The first kappa shape index (κ1) is 14.3. The minimum Gasteiger partial charge on any atom is -0.0804 e. The zero-order valence-electron chi connectivity index (χ0n) is 14.2. The summed E-state index contributed by atoms with van der Waals surface area (Å²) in [6.07, 6.45) is 15.0. The van der Waals surface area contributed by atoms with Crippen molar-refractivity contribution in [3.63, 3.8) is 0 Å². The molecule has 0 unspecified atom stereocenters. The number of allylic oxidation sites excluding steroid dienone is 4. The number of rotatable bonds is 2. The van der Waals surface area contributed by atoms with E-state index in [4.69, 9.17) is 0 Å². The average molecular weight is 312 g/mol. The molecule has 0 atom stereocenters. The van der Waals surface area contributed by atoms with E-state index in [1.807, 2.05) is 0 Å². The molecule has 0 saturated heterocycles. The molecule has 0 heteroatoms. The van der Waals surface area contributed by atoms with Crippen molar-refractivity contribution in [2.75, 3.05) is 0 Å². The summed E-state index contributed by atoms with van der Waals surface area (Å²) in [6, 6.07) is 18.3. The number of hydrogen-bond donors (Lipinski definition) is 0. The first-order valence-electron chi connectivity index (χ1n) is 9.44. The molecule has 0 aliphatic heterocycles. The van der Waals surface area contributed by atoms with Gasteiger partial charge in [0.1, 0.15) is 0 Å². The summed E-state index contributed by atoms with van der Waals surface area (Å²) in [7, 11) is 0. The summed E-state index contributed by atoms with van der Waals surface area (Å²) in [5.41, 5.74) is 8.06. The highest BCUT2D eigenvalue weighted by Gasteiger charge is 2.47. The fourth-order valence-electron chi connectivity index (χ4n) is 5.55. The van der Waals surface area contributed by atoms with E-state index in [-0.39, 0.29) is 0 Å². The van der Waals surface area contributed by atoms with Gasteiger partial charge in [-0.15, -0.1) is 0 Å². The molecule has 0 amide bonds. The Labute approximate surface area is 144 Å². The fourth-order valence-corrected chi connectivity index (χ4v) is 5.55. The zero-order valence-corrected chi connectivity index (χ0v) is 14.2. The molecule has 120 valence electrons. The number of hydrogen-bond acceptors (Lipinski definition) is 0. The van der Waals surface area contributed by atoms with Gasteiger partial charge in [-0.2, -0.15) is 0 Å². The second kappa shape index (κ2) is 5.48. The Hall–Kier alpha value is -2.08. The standard InChI is InChI=1S/C24H24/c1-8-16-24(17-9-1,18-10-2-3-11-18)23-21-14-6-4-12-19(21)20-13-5-7-15-22(20)23/h2-7,10,12-15,23H,1,8-9,11,16-17H2. The van der Waals surface area contributed by atoms with Crippen LogP contribution in [0.5, 0.6) is 0 Å². The Morgan fingerprint density at radius 3 is 1.96 bits per heavy atom. The average Bonchev–Trinajstić information content (AvgIpc) is 3.29. The SMILES string of the molecule is C1=CCC(C2(C3c4ccccc4-c4ccccc43)CCCCC2)=C1. The predicted octanol–water partition coefficient (Wildman–Crippen LogP) is 6.64. The first-order valence-corrected chi connectivity index (χ1v) is 9.44. The maximum Gasteiger partial charge on any atom is 0.0195 e. The third kappa shape index (κ3) is 1.92. The normalized spacial score (nSPS) is 21.4. The zero-order chi connectivity index (χ0) is 16.0. The second-order valence-electron chi connectivity index (χ2n) is 7.65. The Morgan fingerprint density at radius 1 is 0.750 bits per heavy atom. The van der Waals surface area contributed by atoms with E-state index < -0.39 is 0 Å². The highest BCUT2D eigenvalue weighted by molar-refractivity contribution is 5.79. The topological polar surface area (TPSA) is 0 Å². The molecular formula is C24H24. The van der Waals surface area contributed by atoms with Crippen molar-refractivity contribution in [3.8, 4) is 11.1 Å². The van der Waals surface area contributed by atoms with Crippen LogP contribution in [0.15, 0.2) is 72.3 Å². The molecule has 2 aromatic rings. The molecular weight excluding hydrogens is 288 g/mol. The van der Waals surface area contributed by atoms with Gasteiger partial charge < -0.3 is 0 Å². The lowest BCUT2D eigenvalue weighted by molar-refractivity contribution is 0.209. The third-order valence-electron chi connectivity index (χ3n) is 6.54. The molecule has 24 heavy (non-hydrogen) atoms. The van der Waals surface area contributed by atoms with Crippen LogP contribution in [0.3, 0.4) is 0 Å². The Kier molecular flexibility index (Phi) is 3.26. The van der Waals surface area contributed by atoms with Gasteiger partial charge in [0.05, 0.1) is 0 Å². The fraction of sp³-hybridized carbons (Fsp3) is 0.333. The largest absolute Gasteiger partial charge is 0.0804 e. The third-order valence-corrected chi connectivity index (χ3v) is 6.54. The van der Waals surface area contributed by atoms with Crippen molar-refractivity contribution in [1.29, 1.82) is 0 Å². The van der Waals surface area contributed by atoms with Gasteiger partial charge in [-0.3, -0.25) is 0 Å². The van der Waals surface area contributed by atoms with E-state index in [1.165, 1.54) is 43.2 Å². The van der Waals surface area contributed by atoms with Gasteiger partial charge in [-0.05, 0) is 41.5 Å². The van der Waals surface area contributed by atoms with Gasteiger partial charge >= 0.3 is 0 Å². The highest BCUT2D eigenvalue weighted by Crippen LogP contribution is 2.61. The van der Waals surface area contributed by atoms with E-state index in [1.54, 1.807) is 16.7 Å². The van der Waals surface area contributed by atoms with Crippen LogP contribution in [0, 0.1) is 5.41 Å². The van der Waals surface area contributed by atoms with Crippen LogP contribution in [0.25, 0.3) is 11.1 Å². The van der Waals surface area contributed by atoms with Gasteiger partial charge in [0.25, 0.3) is 0 Å². The van der Waals surface area contributed by atoms with Crippen LogP contribution in [-0.4, -0.2) is 0 Å². The number of fused-ring (bicyclic) bond motifs is 3. The number of benzene rings is 2. The van der Waals surface area contributed by atoms with Crippen molar-refractivity contribution < 1.29 is 0 Å². The van der Waals surface area contributed by atoms with Crippen molar-refractivity contribution in [2.24, 2.45) is 5.41 Å². The van der Waals surface area contributed by atoms with Crippen molar-refractivity contribution in [2.45, 2.75) is 44.4 Å². The predicted molar refractivity (Wildman–Crippen MR) is 101 cm³/mol. The molecule has 0 heterocycles. The Balaban J connectivity index is 1.74.